The Hall–Kier alpha value is -2.74. The number of aromatic nitrogens is 3. The summed E-state index contributed by atoms with van der Waals surface area (Å²) in [6.07, 6.45) is 3.71. The molecule has 0 spiro atoms. The quantitative estimate of drug-likeness (QED) is 0.774. The average Bonchev–Trinajstić information content (AvgIpc) is 3.35. The van der Waals surface area contributed by atoms with E-state index in [9.17, 15) is 9.59 Å². The summed E-state index contributed by atoms with van der Waals surface area (Å²) in [5.41, 5.74) is 2.70. The van der Waals surface area contributed by atoms with Gasteiger partial charge in [-0.05, 0) is 30.9 Å². The fourth-order valence-electron chi connectivity index (χ4n) is 4.44. The van der Waals surface area contributed by atoms with Crippen molar-refractivity contribution in [1.29, 1.82) is 0 Å². The van der Waals surface area contributed by atoms with Crippen LogP contribution in [0.2, 0.25) is 0 Å². The van der Waals surface area contributed by atoms with Gasteiger partial charge in [0.25, 0.3) is 0 Å². The molecule has 8 heteroatoms. The van der Waals surface area contributed by atoms with Crippen LogP contribution in [0.3, 0.4) is 0 Å². The van der Waals surface area contributed by atoms with Crippen LogP contribution in [0, 0.1) is 0 Å². The highest BCUT2D eigenvalue weighted by molar-refractivity contribution is 5.88. The van der Waals surface area contributed by atoms with Gasteiger partial charge in [0, 0.05) is 32.7 Å². The number of rotatable bonds is 6. The summed E-state index contributed by atoms with van der Waals surface area (Å²) in [7, 11) is 1.76. The molecule has 1 atom stereocenters. The summed E-state index contributed by atoms with van der Waals surface area (Å²) in [5.74, 6) is 0.642. The zero-order valence-corrected chi connectivity index (χ0v) is 17.0. The molecule has 0 radical (unpaired) electrons. The van der Waals surface area contributed by atoms with Gasteiger partial charge in [-0.15, -0.1) is 10.2 Å². The first-order chi connectivity index (χ1) is 14.1. The molecule has 0 saturated carbocycles. The number of aryl methyl sites for hydroxylation is 1. The molecule has 2 amide bonds. The summed E-state index contributed by atoms with van der Waals surface area (Å²) in [6.45, 7) is 4.56. The molecule has 0 unspecified atom stereocenters. The van der Waals surface area contributed by atoms with E-state index < -0.39 is 6.04 Å². The Morgan fingerprint density at radius 1 is 1.28 bits per heavy atom. The fraction of sp³-hybridized carbons (Fsp3) is 0.524. The fourth-order valence-corrected chi connectivity index (χ4v) is 4.44. The first-order valence-electron chi connectivity index (χ1n) is 10.3. The van der Waals surface area contributed by atoms with Crippen LogP contribution < -0.4 is 5.32 Å². The zero-order valence-electron chi connectivity index (χ0n) is 17.0. The Bertz CT molecular complexity index is 870. The molecule has 4 rings (SSSR count). The van der Waals surface area contributed by atoms with E-state index >= 15 is 0 Å². The van der Waals surface area contributed by atoms with Gasteiger partial charge >= 0.3 is 0 Å². The minimum atomic E-state index is -0.429. The van der Waals surface area contributed by atoms with Gasteiger partial charge in [-0.2, -0.15) is 0 Å². The smallest absolute Gasteiger partial charge is 0.237 e. The predicted molar refractivity (Wildman–Crippen MR) is 108 cm³/mol. The van der Waals surface area contributed by atoms with Gasteiger partial charge in [-0.1, -0.05) is 24.3 Å². The summed E-state index contributed by atoms with van der Waals surface area (Å²) in [5, 5.41) is 11.0. The van der Waals surface area contributed by atoms with Crippen molar-refractivity contribution >= 4 is 11.8 Å². The number of hydrogen-bond donors (Lipinski definition) is 1. The number of piperazine rings is 1. The summed E-state index contributed by atoms with van der Waals surface area (Å²) in [6, 6.07) is 8.30. The molecule has 8 nitrogen and oxygen atoms in total. The molecule has 1 aromatic heterocycles. The van der Waals surface area contributed by atoms with Crippen molar-refractivity contribution in [1.82, 2.24) is 29.9 Å². The van der Waals surface area contributed by atoms with Gasteiger partial charge in [0.1, 0.15) is 6.33 Å². The Kier molecular flexibility index (Phi) is 5.62. The number of amides is 2. The molecule has 154 valence electrons. The zero-order chi connectivity index (χ0) is 20.4. The minimum absolute atomic E-state index is 0.0503. The first kappa shape index (κ1) is 19.6. The van der Waals surface area contributed by atoms with Crippen LogP contribution in [0.5, 0.6) is 0 Å². The molecule has 0 bridgehead atoms. The van der Waals surface area contributed by atoms with Crippen LogP contribution in [-0.2, 0) is 35.5 Å². The van der Waals surface area contributed by atoms with Gasteiger partial charge < -0.3 is 14.8 Å². The highest BCUT2D eigenvalue weighted by Crippen LogP contribution is 2.28. The van der Waals surface area contributed by atoms with Crippen LogP contribution in [0.4, 0.5) is 0 Å². The van der Waals surface area contributed by atoms with E-state index in [4.69, 9.17) is 0 Å². The number of carbonyl (C=O) groups excluding carboxylic acids is 2. The molecule has 1 aliphatic carbocycles. The third-order valence-electron chi connectivity index (χ3n) is 6.08. The molecule has 29 heavy (non-hydrogen) atoms. The lowest BCUT2D eigenvalue weighted by molar-refractivity contribution is -0.139. The SMILES string of the molecule is CCn1cnnc1CN(C)C(=O)C[C@H]1C(=O)NCCN1C1Cc2ccccc2C1. The first-order valence-corrected chi connectivity index (χ1v) is 10.3. The van der Waals surface area contributed by atoms with E-state index in [1.54, 1.807) is 18.3 Å². The Labute approximate surface area is 170 Å². The third kappa shape index (κ3) is 4.03. The second-order valence-corrected chi connectivity index (χ2v) is 7.86. The molecule has 1 N–H and O–H groups in total. The van der Waals surface area contributed by atoms with E-state index in [0.29, 0.717) is 13.1 Å². The molecular weight excluding hydrogens is 368 g/mol. The van der Waals surface area contributed by atoms with Crippen molar-refractivity contribution < 1.29 is 9.59 Å². The van der Waals surface area contributed by atoms with Gasteiger partial charge in [0.2, 0.25) is 11.8 Å². The maximum atomic E-state index is 12.9. The van der Waals surface area contributed by atoms with E-state index in [1.807, 2.05) is 11.5 Å². The summed E-state index contributed by atoms with van der Waals surface area (Å²) < 4.78 is 1.92. The molecule has 1 saturated heterocycles. The second-order valence-electron chi connectivity index (χ2n) is 7.86. The lowest BCUT2D eigenvalue weighted by Crippen LogP contribution is -2.59. The minimum Gasteiger partial charge on any atom is -0.353 e. The van der Waals surface area contributed by atoms with Crippen LogP contribution in [-0.4, -0.2) is 68.6 Å². The van der Waals surface area contributed by atoms with Crippen molar-refractivity contribution in [3.63, 3.8) is 0 Å². The van der Waals surface area contributed by atoms with Crippen molar-refractivity contribution in [3.8, 4) is 0 Å². The molecule has 1 aromatic carbocycles. The van der Waals surface area contributed by atoms with E-state index in [0.717, 1.165) is 31.8 Å². The number of nitrogens with one attached hydrogen (secondary N) is 1. The molecular formula is C21H28N6O2. The Balaban J connectivity index is 1.43. The van der Waals surface area contributed by atoms with E-state index in [2.05, 4.69) is 44.7 Å². The maximum absolute atomic E-state index is 12.9. The van der Waals surface area contributed by atoms with E-state index in [1.165, 1.54) is 11.1 Å². The molecule has 2 aliphatic rings. The number of hydrogen-bond acceptors (Lipinski definition) is 5. The average molecular weight is 396 g/mol. The molecule has 2 aromatic rings. The summed E-state index contributed by atoms with van der Waals surface area (Å²) in [4.78, 5) is 29.5. The topological polar surface area (TPSA) is 83.4 Å². The third-order valence-corrected chi connectivity index (χ3v) is 6.08. The Morgan fingerprint density at radius 3 is 2.69 bits per heavy atom. The number of benzene rings is 1. The van der Waals surface area contributed by atoms with Crippen molar-refractivity contribution in [2.24, 2.45) is 0 Å². The lowest BCUT2D eigenvalue weighted by atomic mass is 10.0. The normalized spacial score (nSPS) is 19.8. The maximum Gasteiger partial charge on any atom is 0.237 e. The second kappa shape index (κ2) is 8.32. The van der Waals surface area contributed by atoms with Gasteiger partial charge in [0.15, 0.2) is 5.82 Å². The van der Waals surface area contributed by atoms with Crippen LogP contribution in [0.1, 0.15) is 30.3 Å². The number of carbonyl (C=O) groups is 2. The van der Waals surface area contributed by atoms with Crippen LogP contribution in [0.15, 0.2) is 30.6 Å². The number of fused-ring (bicyclic) bond motifs is 1. The van der Waals surface area contributed by atoms with Crippen molar-refractivity contribution in [2.45, 2.75) is 51.4 Å². The lowest BCUT2D eigenvalue weighted by Gasteiger charge is -2.39. The highest BCUT2D eigenvalue weighted by atomic mass is 16.2. The molecule has 1 fully saturated rings. The largest absolute Gasteiger partial charge is 0.353 e. The predicted octanol–water partition coefficient (Wildman–Crippen LogP) is 0.614. The van der Waals surface area contributed by atoms with Gasteiger partial charge in [-0.3, -0.25) is 14.5 Å². The van der Waals surface area contributed by atoms with Crippen molar-refractivity contribution in [2.75, 3.05) is 20.1 Å². The Morgan fingerprint density at radius 2 is 2.00 bits per heavy atom. The monoisotopic (exact) mass is 396 g/mol. The summed E-state index contributed by atoms with van der Waals surface area (Å²) >= 11 is 0. The van der Waals surface area contributed by atoms with Crippen LogP contribution >= 0.6 is 0 Å². The standard InChI is InChI=1S/C21H28N6O2/c1-3-26-14-23-24-19(26)13-25(2)20(28)12-18-21(29)22-8-9-27(18)17-10-15-6-4-5-7-16(15)11-17/h4-7,14,17-18H,3,8-13H2,1-2H3,(H,22,29)/t18-/m0/s1. The van der Waals surface area contributed by atoms with E-state index in [-0.39, 0.29) is 24.3 Å². The number of nitrogens with zero attached hydrogens (tertiary/aromatic N) is 5. The van der Waals surface area contributed by atoms with Crippen LogP contribution in [0.25, 0.3) is 0 Å². The highest BCUT2D eigenvalue weighted by Gasteiger charge is 2.38. The molecule has 2 heterocycles. The van der Waals surface area contributed by atoms with Gasteiger partial charge in [0.05, 0.1) is 19.0 Å². The van der Waals surface area contributed by atoms with Crippen molar-refractivity contribution in [3.05, 3.63) is 47.5 Å². The van der Waals surface area contributed by atoms with Gasteiger partial charge in [-0.25, -0.2) is 0 Å². The molecule has 1 aliphatic heterocycles.